The zero-order valence-corrected chi connectivity index (χ0v) is 16.2. The van der Waals surface area contributed by atoms with Crippen molar-refractivity contribution in [3.8, 4) is 0 Å². The monoisotopic (exact) mass is 446 g/mol. The van der Waals surface area contributed by atoms with Crippen molar-refractivity contribution < 1.29 is 18.8 Å². The van der Waals surface area contributed by atoms with E-state index in [1.54, 1.807) is 24.3 Å². The third-order valence-electron chi connectivity index (χ3n) is 3.89. The van der Waals surface area contributed by atoms with Crippen molar-refractivity contribution in [1.82, 2.24) is 5.01 Å². The lowest BCUT2D eigenvalue weighted by Gasteiger charge is -2.22. The Kier molecular flexibility index (Phi) is 6.15. The van der Waals surface area contributed by atoms with Gasteiger partial charge in [-0.3, -0.25) is 14.4 Å². The van der Waals surface area contributed by atoms with Crippen LogP contribution in [-0.2, 0) is 14.4 Å². The second-order valence-corrected chi connectivity index (χ2v) is 6.93. The molecule has 3 rings (SSSR count). The molecule has 0 aromatic heterocycles. The van der Waals surface area contributed by atoms with Gasteiger partial charge in [-0.05, 0) is 48.5 Å². The Morgan fingerprint density at radius 3 is 2.29 bits per heavy atom. The SMILES string of the molecule is O=C(CN1N=C(C(=O)Nc2ccc(F)cc2)CCC1=O)Nc1ccc(Br)cc1. The lowest BCUT2D eigenvalue weighted by atomic mass is 10.1. The summed E-state index contributed by atoms with van der Waals surface area (Å²) in [5.41, 5.74) is 1.11. The smallest absolute Gasteiger partial charge is 0.271 e. The average Bonchev–Trinajstić information content (AvgIpc) is 2.67. The van der Waals surface area contributed by atoms with E-state index in [0.717, 1.165) is 9.48 Å². The number of amides is 3. The quantitative estimate of drug-likeness (QED) is 0.738. The molecule has 0 fully saturated rings. The number of carbonyl (C=O) groups is 3. The number of halogens is 2. The largest absolute Gasteiger partial charge is 0.324 e. The third kappa shape index (κ3) is 5.23. The van der Waals surface area contributed by atoms with Gasteiger partial charge in [0, 0.05) is 28.7 Å². The molecule has 0 saturated heterocycles. The molecular formula is C19H16BrFN4O3. The van der Waals surface area contributed by atoms with Gasteiger partial charge in [-0.25, -0.2) is 9.40 Å². The van der Waals surface area contributed by atoms with E-state index in [4.69, 9.17) is 0 Å². The molecule has 144 valence electrons. The summed E-state index contributed by atoms with van der Waals surface area (Å²) in [4.78, 5) is 36.6. The molecule has 0 aliphatic carbocycles. The van der Waals surface area contributed by atoms with E-state index in [1.807, 2.05) is 0 Å². The standard InChI is InChI=1S/C19H16BrFN4O3/c20-12-1-5-14(6-2-12)22-17(26)11-25-18(27)10-9-16(24-25)19(28)23-15-7-3-13(21)4-8-15/h1-8H,9-11H2,(H,22,26)(H,23,28). The summed E-state index contributed by atoms with van der Waals surface area (Å²) >= 11 is 3.31. The van der Waals surface area contributed by atoms with E-state index in [1.165, 1.54) is 24.3 Å². The minimum absolute atomic E-state index is 0.0707. The number of nitrogens with one attached hydrogen (secondary N) is 2. The van der Waals surface area contributed by atoms with Crippen molar-refractivity contribution in [2.24, 2.45) is 5.10 Å². The van der Waals surface area contributed by atoms with Crippen molar-refractivity contribution in [2.75, 3.05) is 17.2 Å². The molecule has 1 aliphatic heterocycles. The Morgan fingerprint density at radius 1 is 1.00 bits per heavy atom. The number of nitrogens with zero attached hydrogens (tertiary/aromatic N) is 2. The first-order chi connectivity index (χ1) is 13.4. The van der Waals surface area contributed by atoms with Crippen molar-refractivity contribution in [2.45, 2.75) is 12.8 Å². The summed E-state index contributed by atoms with van der Waals surface area (Å²) in [6.07, 6.45) is 0.234. The highest BCUT2D eigenvalue weighted by atomic mass is 79.9. The first kappa shape index (κ1) is 19.7. The van der Waals surface area contributed by atoms with Gasteiger partial charge in [0.25, 0.3) is 5.91 Å². The van der Waals surface area contributed by atoms with E-state index in [2.05, 4.69) is 31.7 Å². The molecule has 0 bridgehead atoms. The van der Waals surface area contributed by atoms with Gasteiger partial charge in [0.2, 0.25) is 11.8 Å². The van der Waals surface area contributed by atoms with Gasteiger partial charge in [0.05, 0.1) is 0 Å². The molecule has 0 saturated carbocycles. The molecule has 1 heterocycles. The molecule has 3 amide bonds. The number of hydrogen-bond acceptors (Lipinski definition) is 4. The molecular weight excluding hydrogens is 431 g/mol. The summed E-state index contributed by atoms with van der Waals surface area (Å²) in [5, 5.41) is 10.3. The van der Waals surface area contributed by atoms with Crippen LogP contribution in [0, 0.1) is 5.82 Å². The number of carbonyl (C=O) groups excluding carboxylic acids is 3. The highest BCUT2D eigenvalue weighted by Crippen LogP contribution is 2.15. The Bertz CT molecular complexity index is 929. The maximum absolute atomic E-state index is 12.9. The van der Waals surface area contributed by atoms with Gasteiger partial charge in [-0.15, -0.1) is 0 Å². The fourth-order valence-corrected chi connectivity index (χ4v) is 2.76. The molecule has 9 heteroatoms. The number of hydrazone groups is 1. The van der Waals surface area contributed by atoms with Crippen LogP contribution in [0.25, 0.3) is 0 Å². The van der Waals surface area contributed by atoms with Crippen molar-refractivity contribution in [1.29, 1.82) is 0 Å². The Balaban J connectivity index is 1.64. The van der Waals surface area contributed by atoms with Crippen LogP contribution in [-0.4, -0.2) is 35.0 Å². The van der Waals surface area contributed by atoms with Crippen LogP contribution in [0.3, 0.4) is 0 Å². The molecule has 7 nitrogen and oxygen atoms in total. The van der Waals surface area contributed by atoms with Gasteiger partial charge in [0.1, 0.15) is 18.1 Å². The van der Waals surface area contributed by atoms with Gasteiger partial charge < -0.3 is 10.6 Å². The summed E-state index contributed by atoms with van der Waals surface area (Å²) in [7, 11) is 0. The fraction of sp³-hybridized carbons (Fsp3) is 0.158. The van der Waals surface area contributed by atoms with Gasteiger partial charge in [-0.1, -0.05) is 15.9 Å². The first-order valence-electron chi connectivity index (χ1n) is 8.41. The predicted molar refractivity (Wildman–Crippen MR) is 106 cm³/mol. The molecule has 1 aliphatic rings. The second kappa shape index (κ2) is 8.75. The van der Waals surface area contributed by atoms with Crippen molar-refractivity contribution >= 4 is 50.7 Å². The van der Waals surface area contributed by atoms with Crippen LogP contribution >= 0.6 is 15.9 Å². The van der Waals surface area contributed by atoms with Crippen LogP contribution in [0.5, 0.6) is 0 Å². The van der Waals surface area contributed by atoms with Crippen LogP contribution in [0.4, 0.5) is 15.8 Å². The summed E-state index contributed by atoms with van der Waals surface area (Å²) in [6.45, 7) is -0.303. The van der Waals surface area contributed by atoms with E-state index in [-0.39, 0.29) is 31.0 Å². The van der Waals surface area contributed by atoms with Gasteiger partial charge in [-0.2, -0.15) is 5.10 Å². The molecule has 0 spiro atoms. The average molecular weight is 447 g/mol. The number of hydrogen-bond donors (Lipinski definition) is 2. The molecule has 0 atom stereocenters. The lowest BCUT2D eigenvalue weighted by Crippen LogP contribution is -2.40. The van der Waals surface area contributed by atoms with Crippen LogP contribution in [0.2, 0.25) is 0 Å². The highest BCUT2D eigenvalue weighted by molar-refractivity contribution is 9.10. The maximum Gasteiger partial charge on any atom is 0.271 e. The van der Waals surface area contributed by atoms with E-state index in [0.29, 0.717) is 11.4 Å². The van der Waals surface area contributed by atoms with Crippen molar-refractivity contribution in [3.63, 3.8) is 0 Å². The summed E-state index contributed by atoms with van der Waals surface area (Å²) in [6, 6.07) is 12.3. The maximum atomic E-state index is 12.9. The minimum atomic E-state index is -0.502. The third-order valence-corrected chi connectivity index (χ3v) is 4.42. The minimum Gasteiger partial charge on any atom is -0.324 e. The van der Waals surface area contributed by atoms with Crippen LogP contribution < -0.4 is 10.6 Å². The van der Waals surface area contributed by atoms with Crippen molar-refractivity contribution in [3.05, 3.63) is 58.8 Å². The normalized spacial score (nSPS) is 13.7. The first-order valence-corrected chi connectivity index (χ1v) is 9.20. The molecule has 28 heavy (non-hydrogen) atoms. The van der Waals surface area contributed by atoms with E-state index in [9.17, 15) is 18.8 Å². The molecule has 2 aromatic carbocycles. The Hall–Kier alpha value is -3.07. The Labute approximate surface area is 168 Å². The molecule has 2 N–H and O–H groups in total. The van der Waals surface area contributed by atoms with E-state index >= 15 is 0 Å². The van der Waals surface area contributed by atoms with Crippen LogP contribution in [0.15, 0.2) is 58.1 Å². The zero-order chi connectivity index (χ0) is 20.1. The molecule has 0 radical (unpaired) electrons. The predicted octanol–water partition coefficient (Wildman–Crippen LogP) is 3.14. The fourth-order valence-electron chi connectivity index (χ4n) is 2.49. The number of rotatable bonds is 5. The van der Waals surface area contributed by atoms with Gasteiger partial charge >= 0.3 is 0 Å². The highest BCUT2D eigenvalue weighted by Gasteiger charge is 2.26. The molecule has 0 unspecified atom stereocenters. The summed E-state index contributed by atoms with van der Waals surface area (Å²) < 4.78 is 13.8. The Morgan fingerprint density at radius 2 is 1.61 bits per heavy atom. The topological polar surface area (TPSA) is 90.9 Å². The second-order valence-electron chi connectivity index (χ2n) is 6.01. The van der Waals surface area contributed by atoms with Gasteiger partial charge in [0.15, 0.2) is 0 Å². The lowest BCUT2D eigenvalue weighted by molar-refractivity contribution is -0.135. The van der Waals surface area contributed by atoms with Crippen LogP contribution in [0.1, 0.15) is 12.8 Å². The zero-order valence-electron chi connectivity index (χ0n) is 14.6. The molecule has 2 aromatic rings. The summed E-state index contributed by atoms with van der Waals surface area (Å²) in [5.74, 6) is -1.69. The number of anilines is 2. The van der Waals surface area contributed by atoms with E-state index < -0.39 is 17.6 Å². The number of benzene rings is 2.